The van der Waals surface area contributed by atoms with E-state index in [1.807, 2.05) is 0 Å². The Labute approximate surface area is 234 Å². The topological polar surface area (TPSA) is 9.86 Å². The molecule has 0 radical (unpaired) electrons. The molecular weight excluding hydrogens is 540 g/mol. The second-order valence-corrected chi connectivity index (χ2v) is 11.2. The minimum atomic E-state index is 1.04. The van der Waals surface area contributed by atoms with Gasteiger partial charge in [-0.1, -0.05) is 101 Å². The van der Waals surface area contributed by atoms with Gasteiger partial charge in [0.1, 0.15) is 0 Å². The lowest BCUT2D eigenvalue weighted by molar-refractivity contribution is 1.02. The van der Waals surface area contributed by atoms with Crippen molar-refractivity contribution in [3.8, 4) is 22.5 Å². The predicted molar refractivity (Wildman–Crippen MR) is 168 cm³/mol. The molecule has 5 aromatic carbocycles. The Bertz CT molecular complexity index is 2170. The SMILES string of the molecule is BrC1=c2c(n(-c3ccccc3)c3cc(-c4ccc5c6ccccc6n(-c6ccccc6)c5c4)ccc23)=CCC1. The van der Waals surface area contributed by atoms with Gasteiger partial charge in [0.25, 0.3) is 0 Å². The Morgan fingerprint density at radius 3 is 1.79 bits per heavy atom. The number of halogens is 1. The van der Waals surface area contributed by atoms with Gasteiger partial charge in [-0.2, -0.15) is 0 Å². The van der Waals surface area contributed by atoms with Crippen LogP contribution in [0.2, 0.25) is 0 Å². The van der Waals surface area contributed by atoms with Crippen LogP contribution >= 0.6 is 15.9 Å². The Hall–Kier alpha value is -4.34. The number of nitrogens with zero attached hydrogens (tertiary/aromatic N) is 2. The Morgan fingerprint density at radius 1 is 0.513 bits per heavy atom. The highest BCUT2D eigenvalue weighted by Gasteiger charge is 2.17. The fourth-order valence-electron chi connectivity index (χ4n) is 6.29. The molecule has 0 unspecified atom stereocenters. The van der Waals surface area contributed by atoms with E-state index in [0.717, 1.165) is 12.8 Å². The quantitative estimate of drug-likeness (QED) is 0.203. The summed E-state index contributed by atoms with van der Waals surface area (Å²) in [7, 11) is 0. The maximum absolute atomic E-state index is 3.91. The number of hydrogen-bond donors (Lipinski definition) is 0. The summed E-state index contributed by atoms with van der Waals surface area (Å²) in [5.74, 6) is 0. The van der Waals surface area contributed by atoms with E-state index in [1.165, 1.54) is 70.3 Å². The summed E-state index contributed by atoms with van der Waals surface area (Å²) in [6.45, 7) is 0. The lowest BCUT2D eigenvalue weighted by Crippen LogP contribution is -2.31. The number of fused-ring (bicyclic) bond motifs is 6. The lowest BCUT2D eigenvalue weighted by Gasteiger charge is -2.10. The van der Waals surface area contributed by atoms with Gasteiger partial charge in [0.2, 0.25) is 0 Å². The molecule has 7 aromatic rings. The van der Waals surface area contributed by atoms with Crippen molar-refractivity contribution in [3.63, 3.8) is 0 Å². The fraction of sp³-hybridized carbons (Fsp3) is 0.0556. The first kappa shape index (κ1) is 22.6. The van der Waals surface area contributed by atoms with Crippen molar-refractivity contribution in [1.82, 2.24) is 9.13 Å². The number of benzene rings is 5. The molecule has 0 N–H and O–H groups in total. The molecule has 0 saturated heterocycles. The van der Waals surface area contributed by atoms with E-state index in [1.54, 1.807) is 0 Å². The van der Waals surface area contributed by atoms with Crippen molar-refractivity contribution < 1.29 is 0 Å². The van der Waals surface area contributed by atoms with Gasteiger partial charge >= 0.3 is 0 Å². The van der Waals surface area contributed by atoms with Crippen molar-refractivity contribution in [2.24, 2.45) is 0 Å². The molecule has 2 heterocycles. The van der Waals surface area contributed by atoms with Crippen molar-refractivity contribution in [2.75, 3.05) is 0 Å². The third-order valence-electron chi connectivity index (χ3n) is 8.01. The van der Waals surface area contributed by atoms with Crippen LogP contribution in [0.3, 0.4) is 0 Å². The van der Waals surface area contributed by atoms with Crippen LogP contribution in [0.5, 0.6) is 0 Å². The van der Waals surface area contributed by atoms with Crippen LogP contribution in [-0.4, -0.2) is 9.13 Å². The molecular formula is C36H25BrN2. The van der Waals surface area contributed by atoms with Gasteiger partial charge in [-0.05, 0) is 66.4 Å². The first-order valence-corrected chi connectivity index (χ1v) is 14.2. The predicted octanol–water partition coefficient (Wildman–Crippen LogP) is 8.47. The van der Waals surface area contributed by atoms with E-state index in [9.17, 15) is 0 Å². The second-order valence-electron chi connectivity index (χ2n) is 10.2. The molecule has 2 nitrogen and oxygen atoms in total. The number of aromatic nitrogens is 2. The van der Waals surface area contributed by atoms with Crippen LogP contribution < -0.4 is 10.6 Å². The molecule has 0 atom stereocenters. The van der Waals surface area contributed by atoms with Crippen molar-refractivity contribution in [1.29, 1.82) is 0 Å². The third kappa shape index (κ3) is 3.47. The summed E-state index contributed by atoms with van der Waals surface area (Å²) >= 11 is 3.91. The first-order chi connectivity index (χ1) is 19.3. The average Bonchev–Trinajstić information content (AvgIpc) is 3.51. The van der Waals surface area contributed by atoms with Crippen LogP contribution in [0.4, 0.5) is 0 Å². The summed E-state index contributed by atoms with van der Waals surface area (Å²) < 4.78 is 6.11. The molecule has 3 heteroatoms. The van der Waals surface area contributed by atoms with Gasteiger partial charge in [0.15, 0.2) is 0 Å². The van der Waals surface area contributed by atoms with E-state index in [-0.39, 0.29) is 0 Å². The lowest BCUT2D eigenvalue weighted by atomic mass is 10.0. The van der Waals surface area contributed by atoms with Crippen LogP contribution in [0, 0.1) is 0 Å². The molecule has 8 rings (SSSR count). The third-order valence-corrected chi connectivity index (χ3v) is 8.81. The molecule has 0 bridgehead atoms. The molecule has 0 fully saturated rings. The van der Waals surface area contributed by atoms with Crippen LogP contribution in [-0.2, 0) is 0 Å². The summed E-state index contributed by atoms with van der Waals surface area (Å²) in [6.07, 6.45) is 4.48. The summed E-state index contributed by atoms with van der Waals surface area (Å²) in [5, 5.41) is 6.45. The van der Waals surface area contributed by atoms with E-state index >= 15 is 0 Å². The van der Waals surface area contributed by atoms with E-state index in [4.69, 9.17) is 0 Å². The van der Waals surface area contributed by atoms with Crippen molar-refractivity contribution in [3.05, 3.63) is 132 Å². The van der Waals surface area contributed by atoms with Crippen LogP contribution in [0.15, 0.2) is 121 Å². The highest BCUT2D eigenvalue weighted by Crippen LogP contribution is 2.35. The second kappa shape index (κ2) is 8.86. The summed E-state index contributed by atoms with van der Waals surface area (Å²) in [5.41, 5.74) is 8.50. The Balaban J connectivity index is 1.41. The van der Waals surface area contributed by atoms with E-state index in [0.29, 0.717) is 0 Å². The van der Waals surface area contributed by atoms with Gasteiger partial charge in [-0.15, -0.1) is 0 Å². The largest absolute Gasteiger partial charge is 0.310 e. The van der Waals surface area contributed by atoms with Gasteiger partial charge < -0.3 is 9.13 Å². The normalized spacial score (nSPS) is 13.2. The van der Waals surface area contributed by atoms with Crippen molar-refractivity contribution in [2.45, 2.75) is 12.8 Å². The molecule has 0 amide bonds. The van der Waals surface area contributed by atoms with Gasteiger partial charge in [-0.25, -0.2) is 0 Å². The first-order valence-electron chi connectivity index (χ1n) is 13.5. The van der Waals surface area contributed by atoms with Gasteiger partial charge in [0, 0.05) is 37.2 Å². The standard InChI is InChI=1S/C36H25BrN2/c37-31-15-9-17-33-36(31)30-21-19-25(23-35(30)39(33)27-12-5-2-6-13-27)24-18-20-29-28-14-7-8-16-32(28)38(34(29)22-24)26-10-3-1-4-11-26/h1-8,10-14,16-23H,9,15H2. The van der Waals surface area contributed by atoms with Crippen LogP contribution in [0.1, 0.15) is 12.8 Å². The van der Waals surface area contributed by atoms with Crippen LogP contribution in [0.25, 0.3) is 65.8 Å². The highest BCUT2D eigenvalue weighted by molar-refractivity contribution is 9.14. The minimum Gasteiger partial charge on any atom is -0.310 e. The maximum atomic E-state index is 3.91. The zero-order chi connectivity index (χ0) is 25.9. The minimum absolute atomic E-state index is 1.04. The van der Waals surface area contributed by atoms with Gasteiger partial charge in [-0.3, -0.25) is 0 Å². The Morgan fingerprint density at radius 2 is 1.08 bits per heavy atom. The molecule has 1 aliphatic carbocycles. The van der Waals surface area contributed by atoms with Crippen molar-refractivity contribution >= 4 is 59.2 Å². The highest BCUT2D eigenvalue weighted by atomic mass is 79.9. The molecule has 1 aliphatic rings. The van der Waals surface area contributed by atoms with E-state index < -0.39 is 0 Å². The number of rotatable bonds is 3. The zero-order valence-corrected chi connectivity index (χ0v) is 22.9. The smallest absolute Gasteiger partial charge is 0.0547 e. The molecule has 0 spiro atoms. The molecule has 0 saturated carbocycles. The van der Waals surface area contributed by atoms with Gasteiger partial charge in [0.05, 0.1) is 21.9 Å². The number of hydrogen-bond acceptors (Lipinski definition) is 0. The molecule has 39 heavy (non-hydrogen) atoms. The molecule has 0 aliphatic heterocycles. The zero-order valence-electron chi connectivity index (χ0n) is 21.3. The molecule has 186 valence electrons. The van der Waals surface area contributed by atoms with E-state index in [2.05, 4.69) is 152 Å². The molecule has 2 aromatic heterocycles. The maximum Gasteiger partial charge on any atom is 0.0547 e. The number of para-hydroxylation sites is 3. The summed E-state index contributed by atoms with van der Waals surface area (Å²) in [6, 6.07) is 44.0. The Kier molecular flexibility index (Phi) is 5.14. The monoisotopic (exact) mass is 564 g/mol. The fourth-order valence-corrected chi connectivity index (χ4v) is 6.93. The average molecular weight is 566 g/mol. The summed E-state index contributed by atoms with van der Waals surface area (Å²) in [4.78, 5) is 0.